The Morgan fingerprint density at radius 1 is 1.04 bits per heavy atom. The summed E-state index contributed by atoms with van der Waals surface area (Å²) >= 11 is 0. The molecule has 23 heavy (non-hydrogen) atoms. The second-order valence-corrected chi connectivity index (χ2v) is 6.52. The fourth-order valence-electron chi connectivity index (χ4n) is 2.84. The zero-order valence-corrected chi connectivity index (χ0v) is 16.2. The van der Waals surface area contributed by atoms with Crippen LogP contribution in [0.15, 0.2) is 0 Å². The molecule has 140 valence electrons. The maximum absolute atomic E-state index is 12.7. The fraction of sp³-hybridized carbons (Fsp3) is 1.00. The second-order valence-electron chi connectivity index (χ2n) is 6.52. The molecular weight excluding hydrogens is 295 g/mol. The summed E-state index contributed by atoms with van der Waals surface area (Å²) in [7, 11) is 5.76. The van der Waals surface area contributed by atoms with Gasteiger partial charge in [0.15, 0.2) is 0 Å². The maximum atomic E-state index is 12.7. The lowest BCUT2D eigenvalue weighted by atomic mass is 10.2. The summed E-state index contributed by atoms with van der Waals surface area (Å²) in [5.74, 6) is 0. The first-order chi connectivity index (χ1) is 11.0. The van der Waals surface area contributed by atoms with Gasteiger partial charge in [0.05, 0.1) is 13.2 Å². The monoisotopic (exact) mass is 334 g/mol. The van der Waals surface area contributed by atoms with Gasteiger partial charge in [0, 0.05) is 32.3 Å². The Labute approximate surface area is 143 Å². The number of likely N-dealkylation sites (N-methyl/N-ethyl adjacent to an activating group) is 2. The summed E-state index contributed by atoms with van der Waals surface area (Å²) in [6.07, 6.45) is 3.89. The number of hydrogen-bond donors (Lipinski definition) is 0. The van der Waals surface area contributed by atoms with Crippen molar-refractivity contribution in [3.8, 4) is 0 Å². The summed E-state index contributed by atoms with van der Waals surface area (Å²) in [4.78, 5) is 4.39. The van der Waals surface area contributed by atoms with E-state index in [0.717, 1.165) is 13.2 Å². The molecule has 0 aromatic heterocycles. The number of nitrogens with zero attached hydrogens (tertiary/aromatic N) is 2. The first-order valence-corrected chi connectivity index (χ1v) is 9.11. The van der Waals surface area contributed by atoms with Crippen LogP contribution in [0.2, 0.25) is 0 Å². The predicted molar refractivity (Wildman–Crippen MR) is 95.9 cm³/mol. The molecule has 4 nitrogen and oxygen atoms in total. The van der Waals surface area contributed by atoms with Crippen molar-refractivity contribution in [2.24, 2.45) is 0 Å². The molecule has 0 aromatic rings. The molecule has 0 aromatic carbocycles. The molecule has 0 N–H and O–H groups in total. The summed E-state index contributed by atoms with van der Waals surface area (Å²) in [5.41, 5.74) is 0. The highest BCUT2D eigenvalue weighted by Gasteiger charge is 2.28. The molecule has 2 rings (SSSR count). The third kappa shape index (κ3) is 10.3. The van der Waals surface area contributed by atoms with E-state index < -0.39 is 6.17 Å². The lowest BCUT2D eigenvalue weighted by Crippen LogP contribution is -2.29. The molecule has 0 bridgehead atoms. The molecule has 0 unspecified atom stereocenters. The van der Waals surface area contributed by atoms with Crippen LogP contribution in [0.5, 0.6) is 0 Å². The Balaban J connectivity index is 0.000000360. The third-order valence-corrected chi connectivity index (χ3v) is 4.18. The minimum atomic E-state index is -0.648. The van der Waals surface area contributed by atoms with Crippen molar-refractivity contribution >= 4 is 0 Å². The van der Waals surface area contributed by atoms with Gasteiger partial charge in [0.25, 0.3) is 0 Å². The number of methoxy groups -OCH3 is 1. The van der Waals surface area contributed by atoms with Crippen molar-refractivity contribution in [1.29, 1.82) is 0 Å². The molecule has 2 heterocycles. The van der Waals surface area contributed by atoms with Crippen molar-refractivity contribution in [1.82, 2.24) is 9.80 Å². The topological polar surface area (TPSA) is 24.9 Å². The quantitative estimate of drug-likeness (QED) is 0.771. The van der Waals surface area contributed by atoms with Gasteiger partial charge < -0.3 is 14.4 Å². The minimum Gasteiger partial charge on any atom is -0.383 e. The SMILES string of the molecule is CCC.CCOC[C@@H]1CCCN1C.COC[C@@H]1C[C@@H](F)CN1C. The summed E-state index contributed by atoms with van der Waals surface area (Å²) in [6.45, 7) is 10.5. The van der Waals surface area contributed by atoms with Gasteiger partial charge in [-0.25, -0.2) is 4.39 Å². The van der Waals surface area contributed by atoms with E-state index in [4.69, 9.17) is 9.47 Å². The molecule has 5 heteroatoms. The number of rotatable bonds is 5. The molecule has 0 saturated carbocycles. The van der Waals surface area contributed by atoms with E-state index in [1.165, 1.54) is 25.8 Å². The van der Waals surface area contributed by atoms with Gasteiger partial charge in [-0.2, -0.15) is 0 Å². The van der Waals surface area contributed by atoms with Gasteiger partial charge in [0.2, 0.25) is 0 Å². The largest absolute Gasteiger partial charge is 0.383 e. The number of alkyl halides is 1. The van der Waals surface area contributed by atoms with E-state index in [2.05, 4.69) is 32.7 Å². The average molecular weight is 335 g/mol. The van der Waals surface area contributed by atoms with Gasteiger partial charge in [-0.3, -0.25) is 4.90 Å². The third-order valence-electron chi connectivity index (χ3n) is 4.18. The molecule has 0 amide bonds. The standard InChI is InChI=1S/C8H17NO.C7H14FNO.C3H8/c1-3-10-7-8-5-4-6-9(8)2;1-9-4-6(8)3-7(9)5-10-2;1-3-2/h8H,3-7H2,1-2H3;6-7H,3-5H2,1-2H3;3H2,1-2H3/t8-;6-,7+;/m01./s1. The fourth-order valence-corrected chi connectivity index (χ4v) is 2.84. The van der Waals surface area contributed by atoms with Gasteiger partial charge in [0.1, 0.15) is 6.17 Å². The zero-order chi connectivity index (χ0) is 17.7. The van der Waals surface area contributed by atoms with Crippen molar-refractivity contribution in [3.63, 3.8) is 0 Å². The summed E-state index contributed by atoms with van der Waals surface area (Å²) < 4.78 is 22.9. The molecule has 2 saturated heterocycles. The Bertz CT molecular complexity index is 269. The highest BCUT2D eigenvalue weighted by Crippen LogP contribution is 2.18. The molecule has 2 aliphatic rings. The van der Waals surface area contributed by atoms with Crippen LogP contribution in [0, 0.1) is 0 Å². The first-order valence-electron chi connectivity index (χ1n) is 9.11. The smallest absolute Gasteiger partial charge is 0.114 e. The Morgan fingerprint density at radius 3 is 2.09 bits per heavy atom. The van der Waals surface area contributed by atoms with Gasteiger partial charge in [-0.1, -0.05) is 20.3 Å². The van der Waals surface area contributed by atoms with E-state index in [0.29, 0.717) is 31.7 Å². The van der Waals surface area contributed by atoms with Crippen molar-refractivity contribution < 1.29 is 13.9 Å². The Hall–Kier alpha value is -0.230. The van der Waals surface area contributed by atoms with E-state index in [-0.39, 0.29) is 0 Å². The predicted octanol–water partition coefficient (Wildman–Crippen LogP) is 3.21. The molecule has 2 aliphatic heterocycles. The van der Waals surface area contributed by atoms with Crippen molar-refractivity contribution in [3.05, 3.63) is 0 Å². The number of hydrogen-bond acceptors (Lipinski definition) is 4. The lowest BCUT2D eigenvalue weighted by Gasteiger charge is -2.18. The van der Waals surface area contributed by atoms with Crippen LogP contribution in [-0.2, 0) is 9.47 Å². The molecule has 0 radical (unpaired) electrons. The minimum absolute atomic E-state index is 0.292. The Morgan fingerprint density at radius 2 is 1.70 bits per heavy atom. The lowest BCUT2D eigenvalue weighted by molar-refractivity contribution is 0.0950. The first kappa shape index (κ1) is 22.8. The van der Waals surface area contributed by atoms with E-state index in [1.807, 2.05) is 11.9 Å². The molecule has 3 atom stereocenters. The normalized spacial score (nSPS) is 28.0. The number of likely N-dealkylation sites (tertiary alicyclic amines) is 2. The van der Waals surface area contributed by atoms with Gasteiger partial charge >= 0.3 is 0 Å². The van der Waals surface area contributed by atoms with Crippen LogP contribution < -0.4 is 0 Å². The van der Waals surface area contributed by atoms with Crippen LogP contribution in [-0.4, -0.2) is 82.2 Å². The highest BCUT2D eigenvalue weighted by atomic mass is 19.1. The maximum Gasteiger partial charge on any atom is 0.114 e. The van der Waals surface area contributed by atoms with Crippen molar-refractivity contribution in [2.75, 3.05) is 54.1 Å². The second kappa shape index (κ2) is 14.1. The van der Waals surface area contributed by atoms with Crippen LogP contribution in [0.3, 0.4) is 0 Å². The van der Waals surface area contributed by atoms with Crippen LogP contribution in [0.1, 0.15) is 46.5 Å². The highest BCUT2D eigenvalue weighted by molar-refractivity contribution is 4.82. The van der Waals surface area contributed by atoms with Crippen LogP contribution in [0.4, 0.5) is 4.39 Å². The van der Waals surface area contributed by atoms with Crippen molar-refractivity contribution in [2.45, 2.75) is 64.7 Å². The molecule has 0 aliphatic carbocycles. The molecule has 0 spiro atoms. The van der Waals surface area contributed by atoms with Crippen LogP contribution >= 0.6 is 0 Å². The number of ether oxygens (including phenoxy) is 2. The van der Waals surface area contributed by atoms with E-state index >= 15 is 0 Å². The summed E-state index contributed by atoms with van der Waals surface area (Å²) in [5, 5.41) is 0. The number of halogens is 1. The van der Waals surface area contributed by atoms with Crippen LogP contribution in [0.25, 0.3) is 0 Å². The molecular formula is C18H39FN2O2. The average Bonchev–Trinajstić information content (AvgIpc) is 3.04. The molecule has 2 fully saturated rings. The van der Waals surface area contributed by atoms with E-state index in [9.17, 15) is 4.39 Å². The van der Waals surface area contributed by atoms with Gasteiger partial charge in [-0.15, -0.1) is 0 Å². The van der Waals surface area contributed by atoms with E-state index in [1.54, 1.807) is 7.11 Å². The Kier molecular flexibility index (Phi) is 14.0. The summed E-state index contributed by atoms with van der Waals surface area (Å²) in [6, 6.07) is 0.986. The van der Waals surface area contributed by atoms with Gasteiger partial charge in [-0.05, 0) is 46.8 Å². The zero-order valence-electron chi connectivity index (χ0n) is 16.2.